The normalized spacial score (nSPS) is 29.1. The molecule has 3 rings (SSSR count). The number of hydrogen-bond donors (Lipinski definition) is 4. The quantitative estimate of drug-likeness (QED) is 0.325. The van der Waals surface area contributed by atoms with Gasteiger partial charge in [0.1, 0.15) is 50.2 Å². The Labute approximate surface area is 175 Å². The summed E-state index contributed by atoms with van der Waals surface area (Å²) in [5.41, 5.74) is 1.89. The zero-order chi connectivity index (χ0) is 21.3. The average Bonchev–Trinajstić information content (AvgIpc) is 2.78. The summed E-state index contributed by atoms with van der Waals surface area (Å²) in [4.78, 5) is 0. The topological polar surface area (TPSA) is 118 Å². The van der Waals surface area contributed by atoms with E-state index in [9.17, 15) is 20.4 Å². The number of rotatable bonds is 10. The van der Waals surface area contributed by atoms with Crippen LogP contribution in [0.1, 0.15) is 11.1 Å². The molecule has 0 heterocycles. The van der Waals surface area contributed by atoms with Crippen LogP contribution in [0.15, 0.2) is 60.7 Å². The van der Waals surface area contributed by atoms with Gasteiger partial charge in [-0.05, 0) is 11.1 Å². The lowest BCUT2D eigenvalue weighted by molar-refractivity contribution is -0.273. The largest absolute Gasteiger partial charge is 0.387 e. The van der Waals surface area contributed by atoms with Crippen LogP contribution in [0.4, 0.5) is 0 Å². The number of hydrogen-bond acceptors (Lipinski definition) is 8. The second-order valence-electron chi connectivity index (χ2n) is 7.13. The Morgan fingerprint density at radius 3 is 1.33 bits per heavy atom. The van der Waals surface area contributed by atoms with Crippen molar-refractivity contribution in [1.82, 2.24) is 0 Å². The van der Waals surface area contributed by atoms with Crippen LogP contribution in [0, 0.1) is 0 Å². The van der Waals surface area contributed by atoms with Gasteiger partial charge in [0.15, 0.2) is 0 Å². The van der Waals surface area contributed by atoms with Crippen molar-refractivity contribution in [3.8, 4) is 0 Å². The molecule has 1 fully saturated rings. The molecular formula is C22H28O8. The molecule has 2 unspecified atom stereocenters. The summed E-state index contributed by atoms with van der Waals surface area (Å²) >= 11 is 0. The SMILES string of the molecule is OC1[C@@H](O)[C@@H](OCOCc2ccccc2)C(O)[C@H](OCOCc2ccccc2)[C@H]1O. The smallest absolute Gasteiger partial charge is 0.147 e. The predicted molar refractivity (Wildman–Crippen MR) is 106 cm³/mol. The third-order valence-electron chi connectivity index (χ3n) is 4.96. The van der Waals surface area contributed by atoms with Crippen molar-refractivity contribution in [2.45, 2.75) is 49.8 Å². The van der Waals surface area contributed by atoms with Crippen molar-refractivity contribution in [1.29, 1.82) is 0 Å². The van der Waals surface area contributed by atoms with Crippen molar-refractivity contribution < 1.29 is 39.4 Å². The van der Waals surface area contributed by atoms with Crippen LogP contribution in [-0.4, -0.2) is 70.6 Å². The van der Waals surface area contributed by atoms with Gasteiger partial charge in [0.05, 0.1) is 13.2 Å². The zero-order valence-electron chi connectivity index (χ0n) is 16.5. The maximum Gasteiger partial charge on any atom is 0.147 e. The molecule has 164 valence electrons. The molecule has 0 radical (unpaired) electrons. The van der Waals surface area contributed by atoms with Crippen molar-refractivity contribution in [2.75, 3.05) is 13.6 Å². The summed E-state index contributed by atoms with van der Waals surface area (Å²) in [7, 11) is 0. The van der Waals surface area contributed by atoms with Gasteiger partial charge < -0.3 is 39.4 Å². The molecule has 6 atom stereocenters. The van der Waals surface area contributed by atoms with Crippen LogP contribution < -0.4 is 0 Å². The Bertz CT molecular complexity index is 667. The molecule has 0 aromatic heterocycles. The Kier molecular flexibility index (Phi) is 8.74. The number of benzene rings is 2. The standard InChI is InChI=1S/C22H28O8/c23-17-18(24)21(29-13-27-11-15-7-3-1-4-8-15)20(26)22(19(17)25)30-14-28-12-16-9-5-2-6-10-16/h1-10,17-26H,11-14H2/t17?,18-,19+,20?,21-,22-/m1/s1. The van der Waals surface area contributed by atoms with Crippen LogP contribution in [-0.2, 0) is 32.2 Å². The molecule has 0 bridgehead atoms. The van der Waals surface area contributed by atoms with E-state index in [4.69, 9.17) is 18.9 Å². The van der Waals surface area contributed by atoms with E-state index in [1.807, 2.05) is 60.7 Å². The van der Waals surface area contributed by atoms with Gasteiger partial charge in [-0.15, -0.1) is 0 Å². The Hall–Kier alpha value is -1.88. The molecule has 1 aliphatic rings. The molecule has 4 N–H and O–H groups in total. The van der Waals surface area contributed by atoms with Gasteiger partial charge in [-0.25, -0.2) is 0 Å². The van der Waals surface area contributed by atoms with Crippen molar-refractivity contribution in [3.63, 3.8) is 0 Å². The van der Waals surface area contributed by atoms with Gasteiger partial charge >= 0.3 is 0 Å². The van der Waals surface area contributed by atoms with Gasteiger partial charge in [-0.1, -0.05) is 60.7 Å². The first-order chi connectivity index (χ1) is 14.6. The maximum atomic E-state index is 10.5. The third-order valence-corrected chi connectivity index (χ3v) is 4.96. The molecule has 0 aliphatic heterocycles. The Morgan fingerprint density at radius 2 is 0.933 bits per heavy atom. The van der Waals surface area contributed by atoms with Crippen molar-refractivity contribution in [3.05, 3.63) is 71.8 Å². The molecule has 0 spiro atoms. The van der Waals surface area contributed by atoms with Crippen LogP contribution >= 0.6 is 0 Å². The van der Waals surface area contributed by atoms with E-state index < -0.39 is 36.6 Å². The van der Waals surface area contributed by atoms with E-state index in [-0.39, 0.29) is 26.8 Å². The second-order valence-corrected chi connectivity index (χ2v) is 7.13. The molecule has 8 heteroatoms. The van der Waals surface area contributed by atoms with Gasteiger partial charge in [-0.2, -0.15) is 0 Å². The molecule has 8 nitrogen and oxygen atoms in total. The minimum absolute atomic E-state index is 0.215. The van der Waals surface area contributed by atoms with Gasteiger partial charge in [0, 0.05) is 0 Å². The fraction of sp³-hybridized carbons (Fsp3) is 0.455. The van der Waals surface area contributed by atoms with E-state index in [1.54, 1.807) is 0 Å². The fourth-order valence-corrected chi connectivity index (χ4v) is 3.30. The summed E-state index contributed by atoms with van der Waals surface area (Å²) in [5, 5.41) is 41.0. The summed E-state index contributed by atoms with van der Waals surface area (Å²) in [5.74, 6) is 0. The Morgan fingerprint density at radius 1 is 0.533 bits per heavy atom. The fourth-order valence-electron chi connectivity index (χ4n) is 3.30. The van der Waals surface area contributed by atoms with Crippen LogP contribution in [0.5, 0.6) is 0 Å². The monoisotopic (exact) mass is 420 g/mol. The third kappa shape index (κ3) is 6.07. The highest BCUT2D eigenvalue weighted by atomic mass is 16.7. The van der Waals surface area contributed by atoms with Crippen LogP contribution in [0.3, 0.4) is 0 Å². The summed E-state index contributed by atoms with van der Waals surface area (Å²) in [6.45, 7) is 0.151. The van der Waals surface area contributed by atoms with Crippen molar-refractivity contribution >= 4 is 0 Å². The lowest BCUT2D eigenvalue weighted by Gasteiger charge is -2.43. The first-order valence-electron chi connectivity index (χ1n) is 9.76. The summed E-state index contributed by atoms with van der Waals surface area (Å²) in [6, 6.07) is 18.9. The van der Waals surface area contributed by atoms with E-state index in [2.05, 4.69) is 0 Å². The molecule has 1 saturated carbocycles. The molecule has 0 amide bonds. The highest BCUT2D eigenvalue weighted by molar-refractivity contribution is 5.14. The number of aliphatic hydroxyl groups excluding tert-OH is 4. The van der Waals surface area contributed by atoms with E-state index in [1.165, 1.54) is 0 Å². The minimum atomic E-state index is -1.55. The van der Waals surface area contributed by atoms with E-state index in [0.717, 1.165) is 11.1 Å². The summed E-state index contributed by atoms with van der Waals surface area (Å²) < 4.78 is 21.7. The van der Waals surface area contributed by atoms with E-state index in [0.29, 0.717) is 0 Å². The van der Waals surface area contributed by atoms with Crippen molar-refractivity contribution in [2.24, 2.45) is 0 Å². The van der Waals surface area contributed by atoms with E-state index >= 15 is 0 Å². The molecule has 2 aromatic carbocycles. The van der Waals surface area contributed by atoms with Gasteiger partial charge in [-0.3, -0.25) is 0 Å². The average molecular weight is 420 g/mol. The highest BCUT2D eigenvalue weighted by Gasteiger charge is 2.50. The van der Waals surface area contributed by atoms with Crippen LogP contribution in [0.2, 0.25) is 0 Å². The lowest BCUT2D eigenvalue weighted by atomic mass is 9.84. The molecular weight excluding hydrogens is 392 g/mol. The molecule has 30 heavy (non-hydrogen) atoms. The van der Waals surface area contributed by atoms with Crippen LogP contribution in [0.25, 0.3) is 0 Å². The minimum Gasteiger partial charge on any atom is -0.387 e. The summed E-state index contributed by atoms with van der Waals surface area (Å²) in [6.07, 6.45) is -8.33. The number of aliphatic hydroxyl groups is 4. The Balaban J connectivity index is 1.47. The first-order valence-corrected chi connectivity index (χ1v) is 9.76. The molecule has 1 aliphatic carbocycles. The predicted octanol–water partition coefficient (Wildman–Crippen LogP) is 0.563. The lowest BCUT2D eigenvalue weighted by Crippen LogP contribution is -2.65. The highest BCUT2D eigenvalue weighted by Crippen LogP contribution is 2.26. The zero-order valence-corrected chi connectivity index (χ0v) is 16.5. The first kappa shape index (κ1) is 22.8. The van der Waals surface area contributed by atoms with Gasteiger partial charge in [0.25, 0.3) is 0 Å². The molecule has 2 aromatic rings. The molecule has 0 saturated heterocycles. The maximum absolute atomic E-state index is 10.5. The second kappa shape index (κ2) is 11.5. The number of ether oxygens (including phenoxy) is 4. The van der Waals surface area contributed by atoms with Gasteiger partial charge in [0.2, 0.25) is 0 Å².